The minimum Gasteiger partial charge on any atom is -0.399 e. The van der Waals surface area contributed by atoms with E-state index in [4.69, 9.17) is 28.9 Å². The second-order valence-corrected chi connectivity index (χ2v) is 5.58. The van der Waals surface area contributed by atoms with Gasteiger partial charge in [-0.1, -0.05) is 29.3 Å². The zero-order valence-electron chi connectivity index (χ0n) is 9.29. The summed E-state index contributed by atoms with van der Waals surface area (Å²) in [4.78, 5) is 0.834. The predicted molar refractivity (Wildman–Crippen MR) is 76.8 cm³/mol. The fourth-order valence-corrected chi connectivity index (χ4v) is 2.90. The number of halogens is 3. The SMILES string of the molecule is Nc1ccc(CSc2cc(Cl)ccc2Cl)c(F)c1. The van der Waals surface area contributed by atoms with Crippen LogP contribution < -0.4 is 5.73 Å². The summed E-state index contributed by atoms with van der Waals surface area (Å²) in [6.07, 6.45) is 0. The number of nitrogens with two attached hydrogens (primary N) is 1. The molecule has 2 N–H and O–H groups in total. The van der Waals surface area contributed by atoms with E-state index < -0.39 is 0 Å². The van der Waals surface area contributed by atoms with Gasteiger partial charge >= 0.3 is 0 Å². The Morgan fingerprint density at radius 1 is 1.11 bits per heavy atom. The van der Waals surface area contributed by atoms with Crippen LogP contribution in [0.4, 0.5) is 10.1 Å². The number of rotatable bonds is 3. The molecule has 2 aromatic rings. The van der Waals surface area contributed by atoms with Crippen LogP contribution in [-0.2, 0) is 5.75 Å². The van der Waals surface area contributed by atoms with Crippen molar-refractivity contribution in [2.75, 3.05) is 5.73 Å². The summed E-state index contributed by atoms with van der Waals surface area (Å²) in [5.74, 6) is 0.173. The van der Waals surface area contributed by atoms with Gasteiger partial charge in [-0.3, -0.25) is 0 Å². The molecule has 0 spiro atoms. The topological polar surface area (TPSA) is 26.0 Å². The van der Waals surface area contributed by atoms with Crippen LogP contribution in [0.2, 0.25) is 10.0 Å². The third-order valence-electron chi connectivity index (χ3n) is 2.35. The van der Waals surface area contributed by atoms with Crippen molar-refractivity contribution >= 4 is 40.7 Å². The van der Waals surface area contributed by atoms with Gasteiger partial charge in [-0.2, -0.15) is 0 Å². The molecule has 0 saturated carbocycles. The fraction of sp³-hybridized carbons (Fsp3) is 0.0769. The molecule has 1 nitrogen and oxygen atoms in total. The Labute approximate surface area is 119 Å². The molecule has 94 valence electrons. The third-order valence-corrected chi connectivity index (χ3v) is 4.13. The van der Waals surface area contributed by atoms with E-state index in [1.165, 1.54) is 17.8 Å². The van der Waals surface area contributed by atoms with Gasteiger partial charge in [0.1, 0.15) is 5.82 Å². The molecule has 2 rings (SSSR count). The molecule has 0 aliphatic rings. The van der Waals surface area contributed by atoms with Crippen molar-refractivity contribution in [2.45, 2.75) is 10.6 Å². The highest BCUT2D eigenvalue weighted by Gasteiger charge is 2.06. The summed E-state index contributed by atoms with van der Waals surface area (Å²) in [6.45, 7) is 0. The van der Waals surface area contributed by atoms with Crippen LogP contribution in [0.5, 0.6) is 0 Å². The molecule has 2 aromatic carbocycles. The summed E-state index contributed by atoms with van der Waals surface area (Å²) >= 11 is 13.4. The lowest BCUT2D eigenvalue weighted by Crippen LogP contribution is -1.91. The van der Waals surface area contributed by atoms with Gasteiger partial charge in [0.15, 0.2) is 0 Å². The Morgan fingerprint density at radius 3 is 2.61 bits per heavy atom. The molecule has 5 heteroatoms. The zero-order valence-corrected chi connectivity index (χ0v) is 11.6. The van der Waals surface area contributed by atoms with Gasteiger partial charge in [0, 0.05) is 21.4 Å². The Morgan fingerprint density at radius 2 is 1.89 bits per heavy atom. The molecule has 0 aliphatic heterocycles. The molecule has 0 saturated heterocycles. The van der Waals surface area contributed by atoms with Gasteiger partial charge in [-0.15, -0.1) is 11.8 Å². The summed E-state index contributed by atoms with van der Waals surface area (Å²) in [5.41, 5.74) is 6.50. The number of thioether (sulfide) groups is 1. The van der Waals surface area contributed by atoms with Crippen molar-refractivity contribution in [3.05, 3.63) is 57.8 Å². The number of benzene rings is 2. The lowest BCUT2D eigenvalue weighted by atomic mass is 10.2. The van der Waals surface area contributed by atoms with E-state index in [0.717, 1.165) is 4.90 Å². The van der Waals surface area contributed by atoms with Gasteiger partial charge in [0.05, 0.1) is 5.02 Å². The van der Waals surface area contributed by atoms with Crippen LogP contribution in [0.3, 0.4) is 0 Å². The molecular formula is C13H10Cl2FNS. The molecule has 0 unspecified atom stereocenters. The Bertz CT molecular complexity index is 575. The van der Waals surface area contributed by atoms with Crippen LogP contribution in [0.15, 0.2) is 41.3 Å². The van der Waals surface area contributed by atoms with Crippen molar-refractivity contribution in [2.24, 2.45) is 0 Å². The van der Waals surface area contributed by atoms with E-state index in [9.17, 15) is 4.39 Å². The van der Waals surface area contributed by atoms with E-state index in [1.807, 2.05) is 0 Å². The van der Waals surface area contributed by atoms with Crippen molar-refractivity contribution in [3.63, 3.8) is 0 Å². The summed E-state index contributed by atoms with van der Waals surface area (Å²) in [7, 11) is 0. The fourth-order valence-electron chi connectivity index (χ4n) is 1.42. The first kappa shape index (κ1) is 13.5. The van der Waals surface area contributed by atoms with E-state index in [1.54, 1.807) is 30.3 Å². The zero-order chi connectivity index (χ0) is 13.1. The molecule has 0 atom stereocenters. The summed E-state index contributed by atoms with van der Waals surface area (Å²) in [6, 6.07) is 9.89. The maximum atomic E-state index is 13.6. The molecule has 0 amide bonds. The highest BCUT2D eigenvalue weighted by Crippen LogP contribution is 2.32. The third kappa shape index (κ3) is 3.31. The normalized spacial score (nSPS) is 10.6. The first-order chi connectivity index (χ1) is 8.56. The standard InChI is InChI=1S/C13H10Cl2FNS/c14-9-2-4-11(15)13(5-9)18-7-8-1-3-10(17)6-12(8)16/h1-6H,7,17H2. The van der Waals surface area contributed by atoms with E-state index >= 15 is 0 Å². The molecule has 0 heterocycles. The van der Waals surface area contributed by atoms with E-state index in [-0.39, 0.29) is 5.82 Å². The quantitative estimate of drug-likeness (QED) is 0.637. The maximum absolute atomic E-state index is 13.6. The smallest absolute Gasteiger partial charge is 0.129 e. The Balaban J connectivity index is 2.13. The molecule has 18 heavy (non-hydrogen) atoms. The first-order valence-electron chi connectivity index (χ1n) is 5.18. The lowest BCUT2D eigenvalue weighted by molar-refractivity contribution is 0.618. The van der Waals surface area contributed by atoms with Crippen molar-refractivity contribution in [1.82, 2.24) is 0 Å². The van der Waals surface area contributed by atoms with Gasteiger partial charge in [0.25, 0.3) is 0 Å². The van der Waals surface area contributed by atoms with Gasteiger partial charge in [-0.05, 0) is 35.9 Å². The van der Waals surface area contributed by atoms with Gasteiger partial charge in [-0.25, -0.2) is 4.39 Å². The monoisotopic (exact) mass is 301 g/mol. The number of hydrogen-bond acceptors (Lipinski definition) is 2. The van der Waals surface area contributed by atoms with Crippen molar-refractivity contribution in [3.8, 4) is 0 Å². The van der Waals surface area contributed by atoms with Crippen LogP contribution in [0.25, 0.3) is 0 Å². The van der Waals surface area contributed by atoms with E-state index in [0.29, 0.717) is 27.0 Å². The second kappa shape index (κ2) is 5.83. The van der Waals surface area contributed by atoms with Crippen molar-refractivity contribution in [1.29, 1.82) is 0 Å². The highest BCUT2D eigenvalue weighted by atomic mass is 35.5. The molecule has 0 aliphatic carbocycles. The van der Waals surface area contributed by atoms with E-state index in [2.05, 4.69) is 0 Å². The molecule has 0 fully saturated rings. The largest absolute Gasteiger partial charge is 0.399 e. The summed E-state index contributed by atoms with van der Waals surface area (Å²) < 4.78 is 13.6. The average molecular weight is 302 g/mol. The molecule has 0 bridgehead atoms. The maximum Gasteiger partial charge on any atom is 0.129 e. The number of anilines is 1. The first-order valence-corrected chi connectivity index (χ1v) is 6.92. The van der Waals surface area contributed by atoms with Crippen LogP contribution in [0, 0.1) is 5.82 Å². The predicted octanol–water partition coefficient (Wildman–Crippen LogP) is 5.01. The van der Waals surface area contributed by atoms with Crippen LogP contribution in [-0.4, -0.2) is 0 Å². The van der Waals surface area contributed by atoms with Gasteiger partial charge < -0.3 is 5.73 Å². The van der Waals surface area contributed by atoms with Crippen molar-refractivity contribution < 1.29 is 4.39 Å². The molecule has 0 aromatic heterocycles. The Hall–Kier alpha value is -0.900. The van der Waals surface area contributed by atoms with Gasteiger partial charge in [0.2, 0.25) is 0 Å². The lowest BCUT2D eigenvalue weighted by Gasteiger charge is -2.06. The minimum atomic E-state index is -0.305. The number of nitrogen functional groups attached to an aromatic ring is 1. The van der Waals surface area contributed by atoms with Crippen LogP contribution >= 0.6 is 35.0 Å². The average Bonchev–Trinajstić information content (AvgIpc) is 2.32. The summed E-state index contributed by atoms with van der Waals surface area (Å²) in [5, 5.41) is 1.22. The second-order valence-electron chi connectivity index (χ2n) is 3.71. The molecular weight excluding hydrogens is 292 g/mol. The number of hydrogen-bond donors (Lipinski definition) is 1. The highest BCUT2D eigenvalue weighted by molar-refractivity contribution is 7.98. The Kier molecular flexibility index (Phi) is 4.38. The minimum absolute atomic E-state index is 0.305. The van der Waals surface area contributed by atoms with Crippen LogP contribution in [0.1, 0.15) is 5.56 Å². The molecule has 0 radical (unpaired) electrons.